The molecule has 0 saturated heterocycles. The highest BCUT2D eigenvalue weighted by Gasteiger charge is 2.30. The van der Waals surface area contributed by atoms with Crippen LogP contribution in [0.25, 0.3) is 0 Å². The largest absolute Gasteiger partial charge is 0.416 e. The van der Waals surface area contributed by atoms with E-state index in [9.17, 15) is 18.0 Å². The van der Waals surface area contributed by atoms with E-state index in [2.05, 4.69) is 5.32 Å². The molecule has 21 heavy (non-hydrogen) atoms. The zero-order valence-electron chi connectivity index (χ0n) is 11.8. The number of hydrogen-bond donors (Lipinski definition) is 2. The van der Waals surface area contributed by atoms with Crippen LogP contribution in [0.1, 0.15) is 5.56 Å². The van der Waals surface area contributed by atoms with Crippen molar-refractivity contribution in [3.8, 4) is 0 Å². The number of rotatable bonds is 6. The van der Waals surface area contributed by atoms with Gasteiger partial charge in [0.25, 0.3) is 0 Å². The van der Waals surface area contributed by atoms with E-state index in [0.29, 0.717) is 0 Å². The van der Waals surface area contributed by atoms with Crippen LogP contribution in [0.5, 0.6) is 0 Å². The number of nitrogens with zero attached hydrogens (tertiary/aromatic N) is 1. The number of alkyl halides is 3. The highest BCUT2D eigenvalue weighted by atomic mass is 32.2. The van der Waals surface area contributed by atoms with Crippen LogP contribution in [0.2, 0.25) is 0 Å². The van der Waals surface area contributed by atoms with Crippen molar-refractivity contribution in [1.82, 2.24) is 4.90 Å². The Bertz CT molecular complexity index is 492. The van der Waals surface area contributed by atoms with Crippen molar-refractivity contribution in [1.29, 1.82) is 0 Å². The zero-order chi connectivity index (χ0) is 16.0. The van der Waals surface area contributed by atoms with E-state index in [0.717, 1.165) is 24.4 Å². The molecule has 0 unspecified atom stereocenters. The number of benzene rings is 1. The summed E-state index contributed by atoms with van der Waals surface area (Å²) in [6.45, 7) is 0.848. The molecular weight excluding hydrogens is 303 g/mol. The molecule has 1 rings (SSSR count). The number of hydrogen-bond acceptors (Lipinski definition) is 4. The summed E-state index contributed by atoms with van der Waals surface area (Å²) in [7, 11) is 3.87. The number of thioether (sulfide) groups is 1. The van der Waals surface area contributed by atoms with Crippen LogP contribution in [0.3, 0.4) is 0 Å². The maximum absolute atomic E-state index is 12.5. The number of nitrogens with two attached hydrogens (primary N) is 1. The first-order valence-electron chi connectivity index (χ1n) is 6.19. The van der Waals surface area contributed by atoms with Gasteiger partial charge in [0.2, 0.25) is 5.91 Å². The van der Waals surface area contributed by atoms with Gasteiger partial charge in [-0.05, 0) is 32.3 Å². The first kappa shape index (κ1) is 17.6. The highest BCUT2D eigenvalue weighted by Crippen LogP contribution is 2.32. The molecule has 8 heteroatoms. The highest BCUT2D eigenvalue weighted by molar-refractivity contribution is 7.99. The van der Waals surface area contributed by atoms with Crippen molar-refractivity contribution in [2.45, 2.75) is 6.18 Å². The van der Waals surface area contributed by atoms with Crippen LogP contribution in [-0.2, 0) is 11.0 Å². The third-order valence-electron chi connectivity index (χ3n) is 2.57. The summed E-state index contributed by atoms with van der Waals surface area (Å²) < 4.78 is 37.4. The van der Waals surface area contributed by atoms with Gasteiger partial charge < -0.3 is 16.0 Å². The number of carbonyl (C=O) groups is 1. The van der Waals surface area contributed by atoms with E-state index in [1.54, 1.807) is 0 Å². The minimum absolute atomic E-state index is 0.100. The van der Waals surface area contributed by atoms with Gasteiger partial charge in [-0.25, -0.2) is 0 Å². The molecule has 1 aromatic carbocycles. The van der Waals surface area contributed by atoms with Crippen molar-refractivity contribution in [2.75, 3.05) is 43.2 Å². The van der Waals surface area contributed by atoms with Gasteiger partial charge >= 0.3 is 6.18 Å². The maximum atomic E-state index is 12.5. The molecule has 118 valence electrons. The zero-order valence-corrected chi connectivity index (χ0v) is 12.6. The fourth-order valence-corrected chi connectivity index (χ4v) is 2.35. The molecular formula is C13H18F3N3OS. The third-order valence-corrected chi connectivity index (χ3v) is 3.51. The summed E-state index contributed by atoms with van der Waals surface area (Å²) in [5.74, 6) is 0.738. The van der Waals surface area contributed by atoms with Gasteiger partial charge in [-0.3, -0.25) is 4.79 Å². The molecule has 0 heterocycles. The Morgan fingerprint density at radius 2 is 2.05 bits per heavy atom. The minimum atomic E-state index is -4.45. The normalized spacial score (nSPS) is 11.7. The van der Waals surface area contributed by atoms with Crippen LogP contribution in [-0.4, -0.2) is 43.0 Å². The van der Waals surface area contributed by atoms with E-state index in [4.69, 9.17) is 5.73 Å². The lowest BCUT2D eigenvalue weighted by Crippen LogP contribution is -2.19. The van der Waals surface area contributed by atoms with Crippen LogP contribution in [0, 0.1) is 0 Å². The van der Waals surface area contributed by atoms with Crippen molar-refractivity contribution in [2.24, 2.45) is 0 Å². The fraction of sp³-hybridized carbons (Fsp3) is 0.462. The van der Waals surface area contributed by atoms with Crippen LogP contribution < -0.4 is 11.1 Å². The van der Waals surface area contributed by atoms with Gasteiger partial charge in [0.05, 0.1) is 22.7 Å². The number of nitrogen functional groups attached to an aromatic ring is 1. The van der Waals surface area contributed by atoms with Crippen molar-refractivity contribution < 1.29 is 18.0 Å². The number of nitrogens with one attached hydrogen (secondary N) is 1. The molecule has 1 amide bonds. The average Bonchev–Trinajstić information content (AvgIpc) is 2.35. The molecule has 0 saturated carbocycles. The molecule has 4 nitrogen and oxygen atoms in total. The van der Waals surface area contributed by atoms with E-state index in [1.165, 1.54) is 17.8 Å². The SMILES string of the molecule is CN(C)CCSCC(=O)Nc1ccc(C(F)(F)F)cc1N. The number of carbonyl (C=O) groups excluding carboxylic acids is 1. The van der Waals surface area contributed by atoms with Crippen molar-refractivity contribution >= 4 is 29.0 Å². The second-order valence-electron chi connectivity index (χ2n) is 4.70. The molecule has 0 spiro atoms. The lowest BCUT2D eigenvalue weighted by molar-refractivity contribution is -0.137. The number of amides is 1. The molecule has 0 atom stereocenters. The summed E-state index contributed by atoms with van der Waals surface area (Å²) in [5.41, 5.74) is 4.79. The molecule has 0 aliphatic rings. The van der Waals surface area contributed by atoms with Crippen LogP contribution in [0.15, 0.2) is 18.2 Å². The second kappa shape index (κ2) is 7.56. The first-order valence-corrected chi connectivity index (χ1v) is 7.34. The maximum Gasteiger partial charge on any atom is 0.416 e. The fourth-order valence-electron chi connectivity index (χ4n) is 1.45. The smallest absolute Gasteiger partial charge is 0.397 e. The van der Waals surface area contributed by atoms with Gasteiger partial charge in [0.15, 0.2) is 0 Å². The summed E-state index contributed by atoms with van der Waals surface area (Å²) in [5, 5.41) is 2.51. The van der Waals surface area contributed by atoms with Crippen LogP contribution >= 0.6 is 11.8 Å². The Morgan fingerprint density at radius 3 is 2.57 bits per heavy atom. The standard InChI is InChI=1S/C13H18F3N3OS/c1-19(2)5-6-21-8-12(20)18-11-4-3-9(7-10(11)17)13(14,15)16/h3-4,7H,5-6,8,17H2,1-2H3,(H,18,20). The average molecular weight is 321 g/mol. The van der Waals surface area contributed by atoms with E-state index in [1.807, 2.05) is 19.0 Å². The molecule has 1 aromatic rings. The summed E-state index contributed by atoms with van der Waals surface area (Å²) in [6, 6.07) is 2.88. The molecule has 0 aliphatic heterocycles. The number of halogens is 3. The van der Waals surface area contributed by atoms with Gasteiger partial charge in [0, 0.05) is 12.3 Å². The summed E-state index contributed by atoms with van der Waals surface area (Å²) in [4.78, 5) is 13.7. The molecule has 3 N–H and O–H groups in total. The number of anilines is 2. The lowest BCUT2D eigenvalue weighted by Gasteiger charge is -2.12. The molecule has 0 aromatic heterocycles. The molecule has 0 fully saturated rings. The van der Waals surface area contributed by atoms with Crippen LogP contribution in [0.4, 0.5) is 24.5 Å². The Kier molecular flexibility index (Phi) is 6.35. The molecule has 0 aliphatic carbocycles. The quantitative estimate of drug-likeness (QED) is 0.624. The van der Waals surface area contributed by atoms with Gasteiger partial charge in [0.1, 0.15) is 0 Å². The third kappa shape index (κ3) is 6.26. The van der Waals surface area contributed by atoms with Crippen molar-refractivity contribution in [3.05, 3.63) is 23.8 Å². The monoisotopic (exact) mass is 321 g/mol. The van der Waals surface area contributed by atoms with Gasteiger partial charge in [-0.1, -0.05) is 0 Å². The molecule has 0 bridgehead atoms. The predicted octanol–water partition coefficient (Wildman–Crippen LogP) is 2.52. The molecule has 0 radical (unpaired) electrons. The van der Waals surface area contributed by atoms with E-state index >= 15 is 0 Å². The van der Waals surface area contributed by atoms with E-state index in [-0.39, 0.29) is 23.0 Å². The van der Waals surface area contributed by atoms with E-state index < -0.39 is 11.7 Å². The minimum Gasteiger partial charge on any atom is -0.397 e. The Labute approximate surface area is 125 Å². The summed E-state index contributed by atoms with van der Waals surface area (Å²) >= 11 is 1.45. The first-order chi connectivity index (χ1) is 9.70. The van der Waals surface area contributed by atoms with Crippen molar-refractivity contribution in [3.63, 3.8) is 0 Å². The lowest BCUT2D eigenvalue weighted by atomic mass is 10.1. The second-order valence-corrected chi connectivity index (χ2v) is 5.81. The van der Waals surface area contributed by atoms with Gasteiger partial charge in [-0.2, -0.15) is 24.9 Å². The Hall–Kier alpha value is -1.41. The summed E-state index contributed by atoms with van der Waals surface area (Å²) in [6.07, 6.45) is -4.45. The van der Waals surface area contributed by atoms with Gasteiger partial charge in [-0.15, -0.1) is 0 Å². The predicted molar refractivity (Wildman–Crippen MR) is 80.4 cm³/mol. The Balaban J connectivity index is 2.53. The Morgan fingerprint density at radius 1 is 1.38 bits per heavy atom. The topological polar surface area (TPSA) is 58.4 Å².